The van der Waals surface area contributed by atoms with E-state index < -0.39 is 38.6 Å². The van der Waals surface area contributed by atoms with Crippen molar-refractivity contribution >= 4 is 19.8 Å². The van der Waals surface area contributed by atoms with Gasteiger partial charge in [-0.05, 0) is 50.9 Å². The molecular weight excluding hydrogens is 655 g/mol. The zero-order valence-electron chi connectivity index (χ0n) is 31.6. The van der Waals surface area contributed by atoms with Crippen LogP contribution in [0.3, 0.4) is 0 Å². The van der Waals surface area contributed by atoms with Gasteiger partial charge < -0.3 is 24.4 Å². The Balaban J connectivity index is 4.17. The van der Waals surface area contributed by atoms with Crippen molar-refractivity contribution < 1.29 is 43.0 Å². The normalized spacial score (nSPS) is 13.7. The van der Waals surface area contributed by atoms with Crippen molar-refractivity contribution in [2.45, 2.75) is 174 Å². The number of carbonyl (C=O) groups is 2. The molecule has 0 rings (SSSR count). The van der Waals surface area contributed by atoms with Gasteiger partial charge in [0.2, 0.25) is 0 Å². The second kappa shape index (κ2) is 34.1. The van der Waals surface area contributed by atoms with Gasteiger partial charge in [-0.15, -0.1) is 0 Å². The molecule has 0 aromatic rings. The third-order valence-corrected chi connectivity index (χ3v) is 8.62. The molecule has 0 heterocycles. The van der Waals surface area contributed by atoms with Crippen LogP contribution < -0.4 is 0 Å². The molecule has 50 heavy (non-hydrogen) atoms. The minimum Gasteiger partial charge on any atom is -0.462 e. The summed E-state index contributed by atoms with van der Waals surface area (Å²) in [7, 11) is -4.80. The summed E-state index contributed by atoms with van der Waals surface area (Å²) in [5, 5.41) is 10.2. The summed E-state index contributed by atoms with van der Waals surface area (Å²) in [6.07, 6.45) is 35.8. The SMILES string of the molecule is CCCCC/C=C\C/C=C\C/C=C\C=C\[C@@H](O)CCCC(=O)OC[C@H](COP(=O)(O)O)OC(=O)CCCCCCCCCCCCCC(C)C. The number of ether oxygens (including phenoxy) is 2. The minimum absolute atomic E-state index is 0.0386. The molecular formula is C40H71O9P. The van der Waals surface area contributed by atoms with Gasteiger partial charge in [0.25, 0.3) is 0 Å². The summed E-state index contributed by atoms with van der Waals surface area (Å²) in [4.78, 5) is 42.7. The Morgan fingerprint density at radius 1 is 0.660 bits per heavy atom. The topological polar surface area (TPSA) is 140 Å². The van der Waals surface area contributed by atoms with E-state index in [4.69, 9.17) is 19.3 Å². The van der Waals surface area contributed by atoms with Crippen LogP contribution in [-0.4, -0.2) is 52.3 Å². The molecule has 0 amide bonds. The summed E-state index contributed by atoms with van der Waals surface area (Å²) in [6, 6.07) is 0. The Kier molecular flexibility index (Phi) is 32.7. The van der Waals surface area contributed by atoms with Crippen LogP contribution in [0.1, 0.15) is 162 Å². The number of aliphatic hydroxyl groups excluding tert-OH is 1. The number of esters is 2. The first-order chi connectivity index (χ1) is 24.0. The molecule has 0 radical (unpaired) electrons. The van der Waals surface area contributed by atoms with Gasteiger partial charge in [-0.25, -0.2) is 4.57 Å². The second-order valence-corrected chi connectivity index (χ2v) is 14.8. The number of phosphoric acid groups is 1. The number of hydrogen-bond acceptors (Lipinski definition) is 7. The Morgan fingerprint density at radius 2 is 1.24 bits per heavy atom. The van der Waals surface area contributed by atoms with Crippen molar-refractivity contribution in [2.24, 2.45) is 5.92 Å². The van der Waals surface area contributed by atoms with Crippen molar-refractivity contribution in [2.75, 3.05) is 13.2 Å². The summed E-state index contributed by atoms with van der Waals surface area (Å²) >= 11 is 0. The highest BCUT2D eigenvalue weighted by molar-refractivity contribution is 7.46. The molecule has 9 nitrogen and oxygen atoms in total. The number of allylic oxidation sites excluding steroid dienone is 7. The molecule has 0 aliphatic heterocycles. The van der Waals surface area contributed by atoms with E-state index in [9.17, 15) is 19.3 Å². The summed E-state index contributed by atoms with van der Waals surface area (Å²) in [5.74, 6) is -0.292. The maximum atomic E-state index is 12.4. The third kappa shape index (κ3) is 37.2. The van der Waals surface area contributed by atoms with Crippen LogP contribution in [0.25, 0.3) is 0 Å². The standard InChI is InChI=1S/C40H71O9P/c1-4-5-6-7-8-9-10-11-14-17-20-23-26-30-37(41)31-28-33-39(42)47-34-38(35-48-50(44,45)46)49-40(43)32-27-24-21-18-15-12-13-16-19-22-25-29-36(2)3/h8-9,11,14,20,23,26,30,36-38,41H,4-7,10,12-13,15-19,21-22,24-25,27-29,31-35H2,1-3H3,(H2,44,45,46)/b9-8-,14-11-,23-20-,30-26+/t37-,38-/m1/s1. The molecule has 10 heteroatoms. The zero-order chi connectivity index (χ0) is 37.1. The van der Waals surface area contributed by atoms with Crippen molar-refractivity contribution in [3.63, 3.8) is 0 Å². The quantitative estimate of drug-likeness (QED) is 0.0194. The number of rotatable bonds is 34. The largest absolute Gasteiger partial charge is 0.469 e. The lowest BCUT2D eigenvalue weighted by Crippen LogP contribution is -2.29. The van der Waals surface area contributed by atoms with Gasteiger partial charge in [-0.3, -0.25) is 14.1 Å². The first-order valence-electron chi connectivity index (χ1n) is 19.4. The summed E-state index contributed by atoms with van der Waals surface area (Å²) < 4.78 is 26.2. The predicted molar refractivity (Wildman–Crippen MR) is 203 cm³/mol. The first kappa shape index (κ1) is 48.0. The molecule has 0 spiro atoms. The Hall–Kier alpha value is -2.03. The van der Waals surface area contributed by atoms with Gasteiger partial charge in [-0.2, -0.15) is 0 Å². The fraction of sp³-hybridized carbons (Fsp3) is 0.750. The maximum Gasteiger partial charge on any atom is 0.469 e. The van der Waals surface area contributed by atoms with Gasteiger partial charge in [0.15, 0.2) is 6.10 Å². The molecule has 0 bridgehead atoms. The fourth-order valence-electron chi connectivity index (χ4n) is 5.19. The molecule has 290 valence electrons. The van der Waals surface area contributed by atoms with Crippen LogP contribution in [0.4, 0.5) is 0 Å². The van der Waals surface area contributed by atoms with Crippen LogP contribution in [-0.2, 0) is 28.2 Å². The highest BCUT2D eigenvalue weighted by Crippen LogP contribution is 2.36. The molecule has 0 aromatic carbocycles. The summed E-state index contributed by atoms with van der Waals surface area (Å²) in [5.41, 5.74) is 0. The second-order valence-electron chi connectivity index (χ2n) is 13.6. The molecule has 0 aliphatic carbocycles. The Morgan fingerprint density at radius 3 is 1.86 bits per heavy atom. The van der Waals surface area contributed by atoms with Gasteiger partial charge in [0.1, 0.15) is 6.61 Å². The smallest absolute Gasteiger partial charge is 0.462 e. The molecule has 0 aliphatic rings. The van der Waals surface area contributed by atoms with Gasteiger partial charge in [0.05, 0.1) is 12.7 Å². The lowest BCUT2D eigenvalue weighted by Gasteiger charge is -2.18. The van der Waals surface area contributed by atoms with E-state index in [1.54, 1.807) is 12.2 Å². The lowest BCUT2D eigenvalue weighted by molar-refractivity contribution is -0.161. The monoisotopic (exact) mass is 726 g/mol. The number of unbranched alkanes of at least 4 members (excludes halogenated alkanes) is 13. The highest BCUT2D eigenvalue weighted by Gasteiger charge is 2.23. The number of phosphoric ester groups is 1. The van der Waals surface area contributed by atoms with Crippen molar-refractivity contribution in [1.82, 2.24) is 0 Å². The lowest BCUT2D eigenvalue weighted by atomic mass is 10.0. The Bertz CT molecular complexity index is 983. The van der Waals surface area contributed by atoms with Crippen molar-refractivity contribution in [1.29, 1.82) is 0 Å². The molecule has 0 saturated heterocycles. The van der Waals surface area contributed by atoms with Gasteiger partial charge >= 0.3 is 19.8 Å². The van der Waals surface area contributed by atoms with E-state index >= 15 is 0 Å². The van der Waals surface area contributed by atoms with Crippen LogP contribution >= 0.6 is 7.82 Å². The number of hydrogen-bond donors (Lipinski definition) is 3. The zero-order valence-corrected chi connectivity index (χ0v) is 32.5. The maximum absolute atomic E-state index is 12.4. The van der Waals surface area contributed by atoms with Gasteiger partial charge in [0, 0.05) is 12.8 Å². The molecule has 3 N–H and O–H groups in total. The first-order valence-corrected chi connectivity index (χ1v) is 20.9. The van der Waals surface area contributed by atoms with Crippen LogP contribution in [0.5, 0.6) is 0 Å². The van der Waals surface area contributed by atoms with Crippen LogP contribution in [0.15, 0.2) is 48.6 Å². The fourth-order valence-corrected chi connectivity index (χ4v) is 5.55. The molecule has 0 aromatic heterocycles. The van der Waals surface area contributed by atoms with Crippen molar-refractivity contribution in [3.05, 3.63) is 48.6 Å². The highest BCUT2D eigenvalue weighted by atomic mass is 31.2. The van der Waals surface area contributed by atoms with E-state index in [1.165, 1.54) is 70.6 Å². The molecule has 0 unspecified atom stereocenters. The van der Waals surface area contributed by atoms with Crippen molar-refractivity contribution in [3.8, 4) is 0 Å². The Labute approximate surface area is 304 Å². The molecule has 0 saturated carbocycles. The van der Waals surface area contributed by atoms with Crippen LogP contribution in [0.2, 0.25) is 0 Å². The third-order valence-electron chi connectivity index (χ3n) is 8.13. The van der Waals surface area contributed by atoms with E-state index in [1.807, 2.05) is 12.2 Å². The average Bonchev–Trinajstić information content (AvgIpc) is 3.06. The molecule has 2 atom stereocenters. The van der Waals surface area contributed by atoms with E-state index in [2.05, 4.69) is 49.6 Å². The predicted octanol–water partition coefficient (Wildman–Crippen LogP) is 10.4. The van der Waals surface area contributed by atoms with E-state index in [-0.39, 0.29) is 19.4 Å². The minimum atomic E-state index is -4.80. The average molecular weight is 727 g/mol. The summed E-state index contributed by atoms with van der Waals surface area (Å²) in [6.45, 7) is 5.79. The van der Waals surface area contributed by atoms with Gasteiger partial charge in [-0.1, -0.05) is 153 Å². The van der Waals surface area contributed by atoms with E-state index in [0.717, 1.165) is 44.4 Å². The molecule has 0 fully saturated rings. The number of carbonyl (C=O) groups excluding carboxylic acids is 2. The van der Waals surface area contributed by atoms with E-state index in [0.29, 0.717) is 19.3 Å². The number of aliphatic hydroxyl groups is 1. The van der Waals surface area contributed by atoms with Crippen LogP contribution in [0, 0.1) is 5.92 Å².